The van der Waals surface area contributed by atoms with Crippen LogP contribution in [-0.2, 0) is 28.6 Å². The Morgan fingerprint density at radius 2 is 0.952 bits per heavy atom. The zero-order valence-electron chi connectivity index (χ0n) is 40.3. The van der Waals surface area contributed by atoms with Gasteiger partial charge in [-0.15, -0.1) is 0 Å². The molecule has 0 saturated carbocycles. The van der Waals surface area contributed by atoms with Crippen LogP contribution in [0.1, 0.15) is 187 Å². The van der Waals surface area contributed by atoms with Crippen molar-refractivity contribution in [3.05, 3.63) is 85.1 Å². The monoisotopic (exact) mass is 866 g/mol. The lowest BCUT2D eigenvalue weighted by Gasteiger charge is -2.34. The number of carbonyl (C=O) groups is 3. The predicted octanol–water partition coefficient (Wildman–Crippen LogP) is 12.7. The summed E-state index contributed by atoms with van der Waals surface area (Å²) in [5, 5.41) is 11.6. The lowest BCUT2D eigenvalue weighted by Crippen LogP contribution is -2.55. The number of carboxylic acids is 1. The van der Waals surface area contributed by atoms with Gasteiger partial charge >= 0.3 is 11.9 Å². The quantitative estimate of drug-likeness (QED) is 0.0198. The molecular formula is C54H91NO7. The van der Waals surface area contributed by atoms with Gasteiger partial charge in [0.25, 0.3) is 0 Å². The average molecular weight is 866 g/mol. The molecule has 0 aromatic carbocycles. The fourth-order valence-corrected chi connectivity index (χ4v) is 6.73. The van der Waals surface area contributed by atoms with Crippen molar-refractivity contribution in [3.63, 3.8) is 0 Å². The van der Waals surface area contributed by atoms with Crippen LogP contribution in [0.5, 0.6) is 0 Å². The summed E-state index contributed by atoms with van der Waals surface area (Å²) < 4.78 is 17.2. The van der Waals surface area contributed by atoms with Crippen molar-refractivity contribution in [2.45, 2.75) is 199 Å². The number of unbranched alkanes of at least 4 members (excludes halogenated alkanes) is 16. The van der Waals surface area contributed by atoms with Gasteiger partial charge in [-0.25, -0.2) is 0 Å². The standard InChI is InChI=1S/C54H91NO7/c1-6-8-10-12-14-16-18-20-22-23-24-25-26-27-28-29-31-32-34-36-38-40-42-44-52(56)61-49-50(48-60-47-46-51(54(58)59)55(3,4)5)62-53(57)45-43-41-39-37-35-33-30-21-19-17-15-13-11-9-7-2/h8,10,14-17,19-22,24-25,27-28,50-51H,6-7,9,11-13,18,23,26,29-49H2,1-5H3/b10-8+,16-14+,17-15+,21-19+,22-20+,25-24+,28-27+. The molecule has 0 bridgehead atoms. The first-order valence-electron chi connectivity index (χ1n) is 24.6. The van der Waals surface area contributed by atoms with E-state index in [4.69, 9.17) is 14.2 Å². The first kappa shape index (κ1) is 58.5. The van der Waals surface area contributed by atoms with Crippen LogP contribution in [0, 0.1) is 0 Å². The smallest absolute Gasteiger partial charge is 0.306 e. The van der Waals surface area contributed by atoms with E-state index in [1.54, 1.807) is 21.1 Å². The van der Waals surface area contributed by atoms with Gasteiger partial charge in [0.15, 0.2) is 6.10 Å². The van der Waals surface area contributed by atoms with Crippen LogP contribution in [0.2, 0.25) is 0 Å². The molecule has 0 saturated heterocycles. The summed E-state index contributed by atoms with van der Waals surface area (Å²) >= 11 is 0. The van der Waals surface area contributed by atoms with E-state index in [1.807, 2.05) is 0 Å². The van der Waals surface area contributed by atoms with Crippen LogP contribution < -0.4 is 5.11 Å². The minimum Gasteiger partial charge on any atom is -0.544 e. The number of hydrogen-bond acceptors (Lipinski definition) is 7. The van der Waals surface area contributed by atoms with Gasteiger partial charge in [0.1, 0.15) is 12.6 Å². The molecule has 0 aliphatic heterocycles. The van der Waals surface area contributed by atoms with E-state index in [0.717, 1.165) is 103 Å². The Balaban J connectivity index is 4.30. The Hall–Kier alpha value is -3.49. The Bertz CT molecular complexity index is 1290. The number of allylic oxidation sites excluding steroid dienone is 14. The molecule has 0 heterocycles. The molecule has 0 N–H and O–H groups in total. The van der Waals surface area contributed by atoms with E-state index in [0.29, 0.717) is 12.8 Å². The van der Waals surface area contributed by atoms with E-state index < -0.39 is 18.1 Å². The van der Waals surface area contributed by atoms with Gasteiger partial charge in [-0.05, 0) is 83.5 Å². The number of ether oxygens (including phenoxy) is 3. The number of carboxylic acid groups (broad SMARTS) is 1. The number of rotatable bonds is 43. The van der Waals surface area contributed by atoms with Crippen molar-refractivity contribution in [2.75, 3.05) is 41.0 Å². The second-order valence-electron chi connectivity index (χ2n) is 17.3. The van der Waals surface area contributed by atoms with Crippen LogP contribution in [0.3, 0.4) is 0 Å². The van der Waals surface area contributed by atoms with Gasteiger partial charge in [0.05, 0.1) is 40.3 Å². The summed E-state index contributed by atoms with van der Waals surface area (Å²) in [6.07, 6.45) is 57.5. The molecule has 354 valence electrons. The fraction of sp³-hybridized carbons (Fsp3) is 0.685. The third-order valence-corrected chi connectivity index (χ3v) is 10.5. The van der Waals surface area contributed by atoms with Gasteiger partial charge in [0.2, 0.25) is 0 Å². The van der Waals surface area contributed by atoms with Crippen LogP contribution in [0.4, 0.5) is 0 Å². The molecule has 8 nitrogen and oxygen atoms in total. The molecule has 0 aromatic heterocycles. The van der Waals surface area contributed by atoms with Crippen molar-refractivity contribution in [3.8, 4) is 0 Å². The van der Waals surface area contributed by atoms with Gasteiger partial charge in [-0.3, -0.25) is 9.59 Å². The Kier molecular flexibility index (Phi) is 41.6. The summed E-state index contributed by atoms with van der Waals surface area (Å²) in [7, 11) is 5.40. The Morgan fingerprint density at radius 3 is 1.44 bits per heavy atom. The molecule has 0 rings (SSSR count). The number of quaternary nitrogens is 1. The first-order chi connectivity index (χ1) is 30.1. The van der Waals surface area contributed by atoms with Crippen molar-refractivity contribution >= 4 is 17.9 Å². The topological polar surface area (TPSA) is 102 Å². The SMILES string of the molecule is CC/C=C/C/C=C/C/C=C/C/C=C/C/C=C/CCCCCCCCCC(=O)OCC(COCCC(C(=O)[O-])[N+](C)(C)C)OC(=O)CCCCCCCC/C=C/C=C/CCCCC. The van der Waals surface area contributed by atoms with Crippen molar-refractivity contribution < 1.29 is 38.2 Å². The minimum atomic E-state index is -1.13. The maximum Gasteiger partial charge on any atom is 0.306 e. The lowest BCUT2D eigenvalue weighted by molar-refractivity contribution is -0.889. The molecule has 0 radical (unpaired) electrons. The van der Waals surface area contributed by atoms with Gasteiger partial charge in [0, 0.05) is 19.3 Å². The third-order valence-electron chi connectivity index (χ3n) is 10.5. The summed E-state index contributed by atoms with van der Waals surface area (Å²) in [4.78, 5) is 37.0. The molecule has 0 aliphatic carbocycles. The van der Waals surface area contributed by atoms with Crippen LogP contribution in [0.15, 0.2) is 85.1 Å². The fourth-order valence-electron chi connectivity index (χ4n) is 6.73. The van der Waals surface area contributed by atoms with E-state index in [2.05, 4.69) is 98.9 Å². The molecule has 2 unspecified atom stereocenters. The van der Waals surface area contributed by atoms with Crippen LogP contribution in [-0.4, -0.2) is 75.5 Å². The maximum absolute atomic E-state index is 12.7. The van der Waals surface area contributed by atoms with E-state index in [-0.39, 0.29) is 42.7 Å². The Labute approximate surface area is 380 Å². The molecule has 0 amide bonds. The van der Waals surface area contributed by atoms with Crippen molar-refractivity contribution in [1.29, 1.82) is 0 Å². The molecule has 62 heavy (non-hydrogen) atoms. The van der Waals surface area contributed by atoms with Gasteiger partial charge in [-0.2, -0.15) is 0 Å². The number of hydrogen-bond donors (Lipinski definition) is 0. The third kappa shape index (κ3) is 41.8. The minimum absolute atomic E-state index is 0.0279. The molecule has 0 aromatic rings. The van der Waals surface area contributed by atoms with E-state index in [1.165, 1.54) is 51.4 Å². The van der Waals surface area contributed by atoms with Crippen LogP contribution >= 0.6 is 0 Å². The number of esters is 2. The normalized spacial score (nSPS) is 13.6. The summed E-state index contributed by atoms with van der Waals surface area (Å²) in [6, 6.07) is -0.734. The highest BCUT2D eigenvalue weighted by molar-refractivity contribution is 5.70. The number of nitrogens with zero attached hydrogens (tertiary/aromatic N) is 1. The number of carbonyl (C=O) groups excluding carboxylic acids is 3. The van der Waals surface area contributed by atoms with Crippen molar-refractivity contribution in [1.82, 2.24) is 0 Å². The highest BCUT2D eigenvalue weighted by atomic mass is 16.6. The highest BCUT2D eigenvalue weighted by Crippen LogP contribution is 2.14. The lowest BCUT2D eigenvalue weighted by atomic mass is 10.1. The second-order valence-corrected chi connectivity index (χ2v) is 17.3. The predicted molar refractivity (Wildman–Crippen MR) is 258 cm³/mol. The number of aliphatic carboxylic acids is 1. The van der Waals surface area contributed by atoms with Gasteiger partial charge < -0.3 is 28.6 Å². The second kappa shape index (κ2) is 44.1. The largest absolute Gasteiger partial charge is 0.544 e. The summed E-state index contributed by atoms with van der Waals surface area (Å²) in [5.41, 5.74) is 0. The molecule has 0 spiro atoms. The van der Waals surface area contributed by atoms with Crippen LogP contribution in [0.25, 0.3) is 0 Å². The molecule has 0 fully saturated rings. The van der Waals surface area contributed by atoms with Gasteiger partial charge in [-0.1, -0.05) is 170 Å². The van der Waals surface area contributed by atoms with E-state index in [9.17, 15) is 19.5 Å². The highest BCUT2D eigenvalue weighted by Gasteiger charge is 2.25. The zero-order chi connectivity index (χ0) is 45.6. The molecule has 0 aliphatic rings. The zero-order valence-corrected chi connectivity index (χ0v) is 40.3. The molecule has 2 atom stereocenters. The Morgan fingerprint density at radius 1 is 0.516 bits per heavy atom. The van der Waals surface area contributed by atoms with Crippen molar-refractivity contribution in [2.24, 2.45) is 0 Å². The molecule has 8 heteroatoms. The molecular weight excluding hydrogens is 775 g/mol. The number of likely N-dealkylation sites (N-methyl/N-ethyl adjacent to an activating group) is 1. The van der Waals surface area contributed by atoms with E-state index >= 15 is 0 Å². The first-order valence-corrected chi connectivity index (χ1v) is 24.6. The average Bonchev–Trinajstić information content (AvgIpc) is 3.23. The maximum atomic E-state index is 12.7. The summed E-state index contributed by atoms with van der Waals surface area (Å²) in [5.74, 6) is -1.77. The summed E-state index contributed by atoms with van der Waals surface area (Å²) in [6.45, 7) is 4.49.